The average molecular weight is 261 g/mol. The van der Waals surface area contributed by atoms with Crippen molar-refractivity contribution in [3.63, 3.8) is 0 Å². The van der Waals surface area contributed by atoms with E-state index >= 15 is 0 Å². The predicted octanol–water partition coefficient (Wildman–Crippen LogP) is 1.65. The molecule has 2 rings (SSSR count). The maximum atomic E-state index is 12.4. The molecule has 5 nitrogen and oxygen atoms in total. The molecule has 1 aliphatic heterocycles. The summed E-state index contributed by atoms with van der Waals surface area (Å²) in [6.07, 6.45) is 1.05. The SMILES string of the molecule is CC1CC(C)N(C(=O)c2ccc(/C(N)=N/O)cc2)C1. The molecule has 0 aromatic heterocycles. The van der Waals surface area contributed by atoms with Gasteiger partial charge in [-0.3, -0.25) is 4.79 Å². The summed E-state index contributed by atoms with van der Waals surface area (Å²) < 4.78 is 0. The van der Waals surface area contributed by atoms with Gasteiger partial charge in [0.15, 0.2) is 5.84 Å². The zero-order valence-electron chi connectivity index (χ0n) is 11.2. The van der Waals surface area contributed by atoms with E-state index in [0.717, 1.165) is 13.0 Å². The molecule has 1 aliphatic rings. The van der Waals surface area contributed by atoms with Crippen molar-refractivity contribution >= 4 is 11.7 Å². The molecule has 1 heterocycles. The van der Waals surface area contributed by atoms with E-state index in [1.165, 1.54) is 0 Å². The Kier molecular flexibility index (Phi) is 3.74. The number of oxime groups is 1. The van der Waals surface area contributed by atoms with E-state index in [2.05, 4.69) is 19.0 Å². The maximum absolute atomic E-state index is 12.4. The number of carbonyl (C=O) groups excluding carboxylic acids is 1. The van der Waals surface area contributed by atoms with Crippen LogP contribution in [0.15, 0.2) is 29.4 Å². The number of hydrogen-bond donors (Lipinski definition) is 2. The molecule has 2 atom stereocenters. The van der Waals surface area contributed by atoms with Crippen molar-refractivity contribution < 1.29 is 10.0 Å². The molecular weight excluding hydrogens is 242 g/mol. The molecule has 1 amide bonds. The Morgan fingerprint density at radius 1 is 1.32 bits per heavy atom. The Morgan fingerprint density at radius 3 is 2.37 bits per heavy atom. The van der Waals surface area contributed by atoms with Crippen LogP contribution in [0.4, 0.5) is 0 Å². The van der Waals surface area contributed by atoms with Gasteiger partial charge in [0.1, 0.15) is 0 Å². The number of amidine groups is 1. The van der Waals surface area contributed by atoms with E-state index in [9.17, 15) is 4.79 Å². The lowest BCUT2D eigenvalue weighted by Gasteiger charge is -2.21. The fourth-order valence-corrected chi connectivity index (χ4v) is 2.59. The summed E-state index contributed by atoms with van der Waals surface area (Å²) in [5.41, 5.74) is 6.72. The quantitative estimate of drug-likeness (QED) is 0.368. The van der Waals surface area contributed by atoms with Gasteiger partial charge in [-0.15, -0.1) is 0 Å². The van der Waals surface area contributed by atoms with E-state index in [0.29, 0.717) is 17.0 Å². The zero-order chi connectivity index (χ0) is 14.0. The zero-order valence-corrected chi connectivity index (χ0v) is 11.2. The molecule has 5 heteroatoms. The van der Waals surface area contributed by atoms with Crippen LogP contribution in [0.5, 0.6) is 0 Å². The molecule has 0 aliphatic carbocycles. The largest absolute Gasteiger partial charge is 0.409 e. The van der Waals surface area contributed by atoms with Crippen molar-refractivity contribution in [2.75, 3.05) is 6.54 Å². The summed E-state index contributed by atoms with van der Waals surface area (Å²) in [6, 6.07) is 7.08. The normalized spacial score (nSPS) is 23.7. The van der Waals surface area contributed by atoms with Crippen molar-refractivity contribution in [2.24, 2.45) is 16.8 Å². The van der Waals surface area contributed by atoms with Crippen molar-refractivity contribution in [1.29, 1.82) is 0 Å². The Bertz CT molecular complexity index is 496. The molecule has 1 fully saturated rings. The molecule has 0 saturated carbocycles. The maximum Gasteiger partial charge on any atom is 0.254 e. The average Bonchev–Trinajstić information content (AvgIpc) is 2.76. The third-order valence-electron chi connectivity index (χ3n) is 3.58. The van der Waals surface area contributed by atoms with E-state index in [4.69, 9.17) is 10.9 Å². The second kappa shape index (κ2) is 5.30. The fraction of sp³-hybridized carbons (Fsp3) is 0.429. The van der Waals surface area contributed by atoms with Gasteiger partial charge in [-0.2, -0.15) is 0 Å². The summed E-state index contributed by atoms with van der Waals surface area (Å²) >= 11 is 0. The standard InChI is InChI=1S/C14H19N3O2/c1-9-7-10(2)17(8-9)14(18)12-5-3-11(4-6-12)13(15)16-19/h3-6,9-10,19H,7-8H2,1-2H3,(H2,15,16). The third-order valence-corrected chi connectivity index (χ3v) is 3.58. The predicted molar refractivity (Wildman–Crippen MR) is 73.2 cm³/mol. The van der Waals surface area contributed by atoms with Gasteiger partial charge in [-0.1, -0.05) is 24.2 Å². The first-order valence-electron chi connectivity index (χ1n) is 6.42. The Hall–Kier alpha value is -2.04. The summed E-state index contributed by atoms with van der Waals surface area (Å²) in [7, 11) is 0. The Morgan fingerprint density at radius 2 is 1.89 bits per heavy atom. The second-order valence-electron chi connectivity index (χ2n) is 5.21. The lowest BCUT2D eigenvalue weighted by atomic mass is 10.1. The highest BCUT2D eigenvalue weighted by Crippen LogP contribution is 2.24. The number of nitrogens with zero attached hydrogens (tertiary/aromatic N) is 2. The van der Waals surface area contributed by atoms with E-state index < -0.39 is 0 Å². The van der Waals surface area contributed by atoms with Crippen LogP contribution in [-0.2, 0) is 0 Å². The number of hydrogen-bond acceptors (Lipinski definition) is 3. The summed E-state index contributed by atoms with van der Waals surface area (Å²) in [4.78, 5) is 14.3. The smallest absolute Gasteiger partial charge is 0.254 e. The molecule has 3 N–H and O–H groups in total. The number of benzene rings is 1. The summed E-state index contributed by atoms with van der Waals surface area (Å²) in [5, 5.41) is 11.5. The molecule has 19 heavy (non-hydrogen) atoms. The van der Waals surface area contributed by atoms with E-state index in [-0.39, 0.29) is 17.8 Å². The van der Waals surface area contributed by atoms with Crippen molar-refractivity contribution in [1.82, 2.24) is 4.90 Å². The molecule has 0 bridgehead atoms. The molecule has 1 aromatic carbocycles. The molecular formula is C14H19N3O2. The van der Waals surface area contributed by atoms with Gasteiger partial charge >= 0.3 is 0 Å². The van der Waals surface area contributed by atoms with Crippen LogP contribution in [0.1, 0.15) is 36.2 Å². The van der Waals surface area contributed by atoms with Crippen molar-refractivity contribution in [2.45, 2.75) is 26.3 Å². The minimum absolute atomic E-state index is 0.0437. The van der Waals surface area contributed by atoms with Crippen LogP contribution in [0, 0.1) is 5.92 Å². The van der Waals surface area contributed by atoms with Crippen molar-refractivity contribution in [3.8, 4) is 0 Å². The van der Waals surface area contributed by atoms with Crippen LogP contribution in [0.2, 0.25) is 0 Å². The number of rotatable bonds is 2. The first-order chi connectivity index (χ1) is 9.02. The van der Waals surface area contributed by atoms with Crippen LogP contribution in [0.3, 0.4) is 0 Å². The first-order valence-corrected chi connectivity index (χ1v) is 6.42. The Balaban J connectivity index is 2.16. The van der Waals surface area contributed by atoms with Crippen LogP contribution in [-0.4, -0.2) is 34.4 Å². The van der Waals surface area contributed by atoms with Crippen LogP contribution >= 0.6 is 0 Å². The van der Waals surface area contributed by atoms with Gasteiger partial charge in [0.2, 0.25) is 0 Å². The van der Waals surface area contributed by atoms with Gasteiger partial charge in [-0.25, -0.2) is 0 Å². The first kappa shape index (κ1) is 13.4. The minimum atomic E-state index is 0.0437. The highest BCUT2D eigenvalue weighted by Gasteiger charge is 2.30. The highest BCUT2D eigenvalue weighted by molar-refractivity contribution is 5.99. The van der Waals surface area contributed by atoms with Gasteiger partial charge in [0, 0.05) is 23.7 Å². The van der Waals surface area contributed by atoms with E-state index in [1.807, 2.05) is 4.90 Å². The van der Waals surface area contributed by atoms with Crippen molar-refractivity contribution in [3.05, 3.63) is 35.4 Å². The molecule has 1 aromatic rings. The van der Waals surface area contributed by atoms with Crippen LogP contribution in [0.25, 0.3) is 0 Å². The number of amides is 1. The topological polar surface area (TPSA) is 78.9 Å². The van der Waals surface area contributed by atoms with Crippen LogP contribution < -0.4 is 5.73 Å². The molecule has 1 saturated heterocycles. The minimum Gasteiger partial charge on any atom is -0.409 e. The van der Waals surface area contributed by atoms with Gasteiger partial charge in [-0.05, 0) is 31.4 Å². The van der Waals surface area contributed by atoms with E-state index in [1.54, 1.807) is 24.3 Å². The highest BCUT2D eigenvalue weighted by atomic mass is 16.4. The van der Waals surface area contributed by atoms with Gasteiger partial charge < -0.3 is 15.8 Å². The number of nitrogens with two attached hydrogens (primary N) is 1. The fourth-order valence-electron chi connectivity index (χ4n) is 2.59. The monoisotopic (exact) mass is 261 g/mol. The number of carbonyl (C=O) groups is 1. The van der Waals surface area contributed by atoms with Gasteiger partial charge in [0.25, 0.3) is 5.91 Å². The summed E-state index contributed by atoms with van der Waals surface area (Å²) in [5.74, 6) is 0.639. The molecule has 102 valence electrons. The number of likely N-dealkylation sites (tertiary alicyclic amines) is 1. The second-order valence-corrected chi connectivity index (χ2v) is 5.21. The summed E-state index contributed by atoms with van der Waals surface area (Å²) in [6.45, 7) is 5.04. The molecule has 2 unspecified atom stereocenters. The van der Waals surface area contributed by atoms with Gasteiger partial charge in [0.05, 0.1) is 0 Å². The third kappa shape index (κ3) is 2.70. The molecule has 0 spiro atoms. The lowest BCUT2D eigenvalue weighted by molar-refractivity contribution is 0.0744. The lowest BCUT2D eigenvalue weighted by Crippen LogP contribution is -2.33. The molecule has 0 radical (unpaired) electrons. The Labute approximate surface area is 112 Å².